The van der Waals surface area contributed by atoms with Crippen LogP contribution in [0.2, 0.25) is 0 Å². The fraction of sp³-hybridized carbons (Fsp3) is 0.812. The van der Waals surface area contributed by atoms with E-state index in [4.69, 9.17) is 9.72 Å². The maximum atomic E-state index is 6.04. The zero-order chi connectivity index (χ0) is 13.9. The Morgan fingerprint density at radius 1 is 1.32 bits per heavy atom. The minimum absolute atomic E-state index is 0.137. The molecular weight excluding hydrogens is 254 g/mol. The highest BCUT2D eigenvalue weighted by atomic mass is 32.1. The lowest BCUT2D eigenvalue weighted by atomic mass is 9.85. The number of nitrogens with zero attached hydrogens (tertiary/aromatic N) is 1. The molecule has 0 saturated heterocycles. The van der Waals surface area contributed by atoms with Crippen molar-refractivity contribution < 1.29 is 4.74 Å². The van der Waals surface area contributed by atoms with Crippen LogP contribution in [0.5, 0.6) is 0 Å². The van der Waals surface area contributed by atoms with Crippen molar-refractivity contribution in [3.63, 3.8) is 0 Å². The molecule has 0 bridgehead atoms. The quantitative estimate of drug-likeness (QED) is 0.766. The second kappa shape index (κ2) is 6.36. The molecule has 1 saturated carbocycles. The van der Waals surface area contributed by atoms with Gasteiger partial charge in [0.25, 0.3) is 0 Å². The first-order valence-corrected chi connectivity index (χ1v) is 8.48. The lowest BCUT2D eigenvalue weighted by Gasteiger charge is -2.28. The highest BCUT2D eigenvalue weighted by Gasteiger charge is 2.29. The van der Waals surface area contributed by atoms with Crippen LogP contribution in [0.15, 0.2) is 5.38 Å². The van der Waals surface area contributed by atoms with Crippen molar-refractivity contribution in [1.29, 1.82) is 0 Å². The van der Waals surface area contributed by atoms with Gasteiger partial charge in [-0.1, -0.05) is 40.0 Å². The summed E-state index contributed by atoms with van der Waals surface area (Å²) < 4.78 is 6.04. The third-order valence-corrected chi connectivity index (χ3v) is 4.86. The Labute approximate surface area is 121 Å². The summed E-state index contributed by atoms with van der Waals surface area (Å²) in [5.41, 5.74) is 1.34. The lowest BCUT2D eigenvalue weighted by Crippen LogP contribution is -2.20. The minimum atomic E-state index is 0.137. The van der Waals surface area contributed by atoms with Crippen LogP contribution in [-0.4, -0.2) is 11.6 Å². The molecule has 19 heavy (non-hydrogen) atoms. The van der Waals surface area contributed by atoms with Crippen molar-refractivity contribution >= 4 is 11.3 Å². The van der Waals surface area contributed by atoms with Crippen LogP contribution in [0.3, 0.4) is 0 Å². The van der Waals surface area contributed by atoms with E-state index in [9.17, 15) is 0 Å². The van der Waals surface area contributed by atoms with E-state index in [2.05, 4.69) is 33.1 Å². The topological polar surface area (TPSA) is 22.1 Å². The molecule has 3 heteroatoms. The maximum Gasteiger partial charge on any atom is 0.122 e. The third-order valence-electron chi connectivity index (χ3n) is 3.96. The number of hydrogen-bond acceptors (Lipinski definition) is 3. The van der Waals surface area contributed by atoms with E-state index in [0.29, 0.717) is 5.92 Å². The molecule has 0 amide bonds. The highest BCUT2D eigenvalue weighted by molar-refractivity contribution is 7.09. The molecule has 1 unspecified atom stereocenters. The minimum Gasteiger partial charge on any atom is -0.371 e. The van der Waals surface area contributed by atoms with Crippen LogP contribution in [0.4, 0.5) is 0 Å². The summed E-state index contributed by atoms with van der Waals surface area (Å²) in [5, 5.41) is 3.41. The van der Waals surface area contributed by atoms with E-state index in [1.165, 1.54) is 42.8 Å². The number of rotatable bonds is 4. The summed E-state index contributed by atoms with van der Waals surface area (Å²) >= 11 is 1.78. The van der Waals surface area contributed by atoms with Gasteiger partial charge in [-0.2, -0.15) is 0 Å². The zero-order valence-electron chi connectivity index (χ0n) is 12.7. The van der Waals surface area contributed by atoms with Crippen molar-refractivity contribution in [1.82, 2.24) is 4.98 Å². The van der Waals surface area contributed by atoms with Crippen molar-refractivity contribution in [3.05, 3.63) is 16.1 Å². The van der Waals surface area contributed by atoms with Gasteiger partial charge in [0.1, 0.15) is 11.1 Å². The fourth-order valence-electron chi connectivity index (χ4n) is 2.79. The van der Waals surface area contributed by atoms with Gasteiger partial charge in [0.2, 0.25) is 0 Å². The summed E-state index contributed by atoms with van der Waals surface area (Å²) in [6.45, 7) is 9.55. The van der Waals surface area contributed by atoms with Gasteiger partial charge in [0, 0.05) is 17.4 Å². The van der Waals surface area contributed by atoms with Gasteiger partial charge in [0.05, 0.1) is 5.69 Å². The van der Waals surface area contributed by atoms with Crippen LogP contribution in [0.1, 0.15) is 76.6 Å². The molecule has 0 aliphatic heterocycles. The Kier molecular flexibility index (Phi) is 5.02. The highest BCUT2D eigenvalue weighted by Crippen LogP contribution is 2.39. The molecule has 1 aromatic rings. The molecule has 1 heterocycles. The molecule has 1 atom stereocenters. The Morgan fingerprint density at radius 2 is 2.00 bits per heavy atom. The average Bonchev–Trinajstić information content (AvgIpc) is 2.86. The first-order valence-electron chi connectivity index (χ1n) is 7.60. The van der Waals surface area contributed by atoms with E-state index in [1.54, 1.807) is 11.3 Å². The maximum absolute atomic E-state index is 6.04. The third kappa shape index (κ3) is 3.79. The first kappa shape index (κ1) is 15.0. The van der Waals surface area contributed by atoms with Gasteiger partial charge >= 0.3 is 0 Å². The van der Waals surface area contributed by atoms with Crippen LogP contribution in [0.25, 0.3) is 0 Å². The Morgan fingerprint density at radius 3 is 2.53 bits per heavy atom. The molecular formula is C16H27NOS. The normalized spacial score (nSPS) is 19.6. The van der Waals surface area contributed by atoms with Gasteiger partial charge < -0.3 is 4.74 Å². The molecule has 0 N–H and O–H groups in total. The second-order valence-electron chi connectivity index (χ2n) is 6.60. The van der Waals surface area contributed by atoms with E-state index < -0.39 is 0 Å². The fourth-order valence-corrected chi connectivity index (χ4v) is 3.97. The van der Waals surface area contributed by atoms with E-state index in [0.717, 1.165) is 6.61 Å². The molecule has 1 aliphatic rings. The van der Waals surface area contributed by atoms with Crippen LogP contribution < -0.4 is 0 Å². The smallest absolute Gasteiger partial charge is 0.122 e. The largest absolute Gasteiger partial charge is 0.371 e. The molecule has 1 fully saturated rings. The monoisotopic (exact) mass is 281 g/mol. The van der Waals surface area contributed by atoms with Crippen molar-refractivity contribution in [2.75, 3.05) is 6.61 Å². The molecule has 1 aromatic heterocycles. The van der Waals surface area contributed by atoms with Gasteiger partial charge in [0.15, 0.2) is 0 Å². The van der Waals surface area contributed by atoms with Gasteiger partial charge in [-0.05, 0) is 25.7 Å². The number of aromatic nitrogens is 1. The summed E-state index contributed by atoms with van der Waals surface area (Å²) in [6, 6.07) is 0. The number of thiazole rings is 1. The predicted molar refractivity (Wildman–Crippen MR) is 81.8 cm³/mol. The van der Waals surface area contributed by atoms with Gasteiger partial charge in [-0.3, -0.25) is 0 Å². The summed E-state index contributed by atoms with van der Waals surface area (Å²) in [4.78, 5) is 4.87. The summed E-state index contributed by atoms with van der Waals surface area (Å²) in [7, 11) is 0. The average molecular weight is 281 g/mol. The van der Waals surface area contributed by atoms with Crippen molar-refractivity contribution in [2.24, 2.45) is 5.92 Å². The van der Waals surface area contributed by atoms with Crippen LogP contribution in [0, 0.1) is 5.92 Å². The Hall–Kier alpha value is -0.410. The first-order chi connectivity index (χ1) is 9.02. The van der Waals surface area contributed by atoms with E-state index >= 15 is 0 Å². The molecule has 0 spiro atoms. The Balaban J connectivity index is 2.16. The lowest BCUT2D eigenvalue weighted by molar-refractivity contribution is 0.00536. The summed E-state index contributed by atoms with van der Waals surface area (Å²) in [5.74, 6) is 0.674. The Bertz CT molecular complexity index is 388. The number of hydrogen-bond donors (Lipinski definition) is 0. The van der Waals surface area contributed by atoms with Crippen LogP contribution in [-0.2, 0) is 10.2 Å². The predicted octanol–water partition coefficient (Wildman–Crippen LogP) is 5.10. The van der Waals surface area contributed by atoms with Crippen molar-refractivity contribution in [3.8, 4) is 0 Å². The molecule has 0 radical (unpaired) electrons. The zero-order valence-corrected chi connectivity index (χ0v) is 13.6. The van der Waals surface area contributed by atoms with Crippen LogP contribution >= 0.6 is 11.3 Å². The van der Waals surface area contributed by atoms with E-state index in [1.807, 2.05) is 0 Å². The summed E-state index contributed by atoms with van der Waals surface area (Å²) in [6.07, 6.45) is 6.92. The standard InChI is InChI=1S/C16H27NOS/c1-5-18-14(12-9-7-6-8-10-12)15-17-13(11-19-15)16(2,3)4/h11-12,14H,5-10H2,1-4H3. The van der Waals surface area contributed by atoms with Gasteiger partial charge in [-0.15, -0.1) is 11.3 Å². The van der Waals surface area contributed by atoms with Crippen molar-refractivity contribution in [2.45, 2.75) is 71.3 Å². The second-order valence-corrected chi connectivity index (χ2v) is 7.48. The molecule has 2 rings (SSSR count). The SMILES string of the molecule is CCOC(c1nc(C(C)(C)C)cs1)C1CCCCC1. The molecule has 0 aromatic carbocycles. The number of ether oxygens (including phenoxy) is 1. The molecule has 2 nitrogen and oxygen atoms in total. The molecule has 108 valence electrons. The van der Waals surface area contributed by atoms with E-state index in [-0.39, 0.29) is 11.5 Å². The van der Waals surface area contributed by atoms with Gasteiger partial charge in [-0.25, -0.2) is 4.98 Å². The molecule has 1 aliphatic carbocycles.